The van der Waals surface area contributed by atoms with Crippen molar-refractivity contribution in [1.29, 1.82) is 0 Å². The third-order valence-electron chi connectivity index (χ3n) is 3.85. The Morgan fingerprint density at radius 3 is 2.52 bits per heavy atom. The first kappa shape index (κ1) is 15.3. The maximum absolute atomic E-state index is 12.2. The summed E-state index contributed by atoms with van der Waals surface area (Å²) in [4.78, 5) is 12.2. The largest absolute Gasteiger partial charge is 0.326 e. The molecule has 0 unspecified atom stereocenters. The Morgan fingerprint density at radius 2 is 1.78 bits per heavy atom. The molecule has 3 aromatic rings. The predicted molar refractivity (Wildman–Crippen MR) is 93.6 cm³/mol. The molecule has 23 heavy (non-hydrogen) atoms. The van der Waals surface area contributed by atoms with Gasteiger partial charge in [0.15, 0.2) is 0 Å². The van der Waals surface area contributed by atoms with E-state index in [4.69, 9.17) is 0 Å². The van der Waals surface area contributed by atoms with Crippen molar-refractivity contribution in [2.24, 2.45) is 0 Å². The zero-order chi connectivity index (χ0) is 16.4. The molecule has 4 heteroatoms. The molecule has 0 aliphatic heterocycles. The van der Waals surface area contributed by atoms with Crippen LogP contribution in [0.3, 0.4) is 0 Å². The number of anilines is 1. The highest BCUT2D eigenvalue weighted by Gasteiger charge is 2.07. The lowest BCUT2D eigenvalue weighted by molar-refractivity contribution is -0.116. The fourth-order valence-corrected chi connectivity index (χ4v) is 2.86. The molecule has 3 rings (SSSR count). The second kappa shape index (κ2) is 6.24. The molecule has 0 saturated carbocycles. The Kier molecular flexibility index (Phi) is 4.15. The van der Waals surface area contributed by atoms with Crippen LogP contribution in [0.15, 0.2) is 42.6 Å². The number of rotatable bonds is 4. The number of aryl methyl sites for hydroxylation is 4. The summed E-state index contributed by atoms with van der Waals surface area (Å²) in [6.45, 7) is 6.69. The van der Waals surface area contributed by atoms with Gasteiger partial charge >= 0.3 is 0 Å². The molecule has 0 radical (unpaired) electrons. The van der Waals surface area contributed by atoms with Crippen molar-refractivity contribution in [2.75, 3.05) is 5.32 Å². The number of hydrogen-bond donors (Lipinski definition) is 1. The van der Waals surface area contributed by atoms with Crippen LogP contribution in [0.1, 0.15) is 23.1 Å². The molecule has 0 spiro atoms. The van der Waals surface area contributed by atoms with E-state index >= 15 is 0 Å². The fraction of sp³-hybridized carbons (Fsp3) is 0.263. The summed E-state index contributed by atoms with van der Waals surface area (Å²) < 4.78 is 1.88. The van der Waals surface area contributed by atoms with Gasteiger partial charge in [0.2, 0.25) is 5.91 Å². The molecule has 0 fully saturated rings. The van der Waals surface area contributed by atoms with Crippen LogP contribution >= 0.6 is 0 Å². The number of carbonyl (C=O) groups excluding carboxylic acids is 1. The topological polar surface area (TPSA) is 46.9 Å². The zero-order valence-corrected chi connectivity index (χ0v) is 13.8. The molecule has 0 aliphatic carbocycles. The summed E-state index contributed by atoms with van der Waals surface area (Å²) in [5.41, 5.74) is 5.43. The van der Waals surface area contributed by atoms with Gasteiger partial charge in [0, 0.05) is 17.5 Å². The number of carbonyl (C=O) groups is 1. The zero-order valence-electron chi connectivity index (χ0n) is 13.8. The maximum Gasteiger partial charge on any atom is 0.226 e. The molecule has 118 valence electrons. The second-order valence-corrected chi connectivity index (χ2v) is 6.10. The number of nitrogens with zero attached hydrogens (tertiary/aromatic N) is 2. The first-order valence-corrected chi connectivity index (χ1v) is 7.81. The third-order valence-corrected chi connectivity index (χ3v) is 3.85. The minimum Gasteiger partial charge on any atom is -0.326 e. The van der Waals surface area contributed by atoms with Crippen molar-refractivity contribution in [1.82, 2.24) is 9.78 Å². The second-order valence-electron chi connectivity index (χ2n) is 6.10. The number of aromatic nitrogens is 2. The van der Waals surface area contributed by atoms with E-state index in [1.807, 2.05) is 36.9 Å². The van der Waals surface area contributed by atoms with Gasteiger partial charge in [-0.15, -0.1) is 0 Å². The van der Waals surface area contributed by atoms with Gasteiger partial charge in [-0.2, -0.15) is 5.10 Å². The minimum atomic E-state index is 0.00533. The van der Waals surface area contributed by atoms with E-state index in [0.717, 1.165) is 27.7 Å². The molecule has 2 aromatic carbocycles. The lowest BCUT2D eigenvalue weighted by atomic mass is 10.1. The van der Waals surface area contributed by atoms with E-state index in [2.05, 4.69) is 41.6 Å². The van der Waals surface area contributed by atoms with Crippen LogP contribution in [0, 0.1) is 20.8 Å². The van der Waals surface area contributed by atoms with Crippen LogP contribution in [-0.2, 0) is 11.3 Å². The van der Waals surface area contributed by atoms with E-state index in [1.54, 1.807) is 0 Å². The Morgan fingerprint density at radius 1 is 1.04 bits per heavy atom. The van der Waals surface area contributed by atoms with Crippen molar-refractivity contribution < 1.29 is 4.79 Å². The lowest BCUT2D eigenvalue weighted by Gasteiger charge is -2.08. The smallest absolute Gasteiger partial charge is 0.226 e. The van der Waals surface area contributed by atoms with Crippen molar-refractivity contribution in [3.8, 4) is 0 Å². The summed E-state index contributed by atoms with van der Waals surface area (Å²) in [7, 11) is 0. The van der Waals surface area contributed by atoms with Gasteiger partial charge in [0.25, 0.3) is 0 Å². The summed E-state index contributed by atoms with van der Waals surface area (Å²) in [5.74, 6) is 0.00533. The molecular formula is C19H21N3O. The summed E-state index contributed by atoms with van der Waals surface area (Å²) in [6, 6.07) is 12.3. The molecule has 0 atom stereocenters. The predicted octanol–water partition coefficient (Wildman–Crippen LogP) is 3.99. The summed E-state index contributed by atoms with van der Waals surface area (Å²) in [6.07, 6.45) is 2.25. The highest BCUT2D eigenvalue weighted by molar-refractivity contribution is 5.91. The maximum atomic E-state index is 12.2. The first-order chi connectivity index (χ1) is 11.0. The monoisotopic (exact) mass is 307 g/mol. The van der Waals surface area contributed by atoms with Crippen molar-refractivity contribution in [3.05, 3.63) is 59.3 Å². The van der Waals surface area contributed by atoms with Gasteiger partial charge in [0.1, 0.15) is 0 Å². The van der Waals surface area contributed by atoms with Crippen LogP contribution in [0.25, 0.3) is 10.9 Å². The lowest BCUT2D eigenvalue weighted by Crippen LogP contribution is -2.15. The van der Waals surface area contributed by atoms with Crippen LogP contribution in [0.2, 0.25) is 0 Å². The fourth-order valence-electron chi connectivity index (χ4n) is 2.86. The Balaban J connectivity index is 1.66. The molecular weight excluding hydrogens is 286 g/mol. The Hall–Kier alpha value is -2.62. The highest BCUT2D eigenvalue weighted by Crippen LogP contribution is 2.17. The SMILES string of the molecule is Cc1cc(C)cc(NC(=O)CCn2ncc3cc(C)ccc32)c1. The first-order valence-electron chi connectivity index (χ1n) is 7.81. The van der Waals surface area contributed by atoms with E-state index in [0.29, 0.717) is 13.0 Å². The van der Waals surface area contributed by atoms with E-state index in [1.165, 1.54) is 5.56 Å². The molecule has 1 N–H and O–H groups in total. The van der Waals surface area contributed by atoms with Crippen LogP contribution in [0.5, 0.6) is 0 Å². The molecule has 0 aliphatic rings. The van der Waals surface area contributed by atoms with Crippen LogP contribution < -0.4 is 5.32 Å². The van der Waals surface area contributed by atoms with Gasteiger partial charge in [0.05, 0.1) is 18.3 Å². The Labute approximate surface area is 136 Å². The molecule has 1 heterocycles. The van der Waals surface area contributed by atoms with E-state index in [9.17, 15) is 4.79 Å². The number of hydrogen-bond acceptors (Lipinski definition) is 2. The Bertz CT molecular complexity index is 844. The third kappa shape index (κ3) is 3.59. The normalized spacial score (nSPS) is 10.9. The van der Waals surface area contributed by atoms with Gasteiger partial charge in [-0.05, 0) is 56.2 Å². The molecule has 0 saturated heterocycles. The van der Waals surface area contributed by atoms with Crippen molar-refractivity contribution in [3.63, 3.8) is 0 Å². The quantitative estimate of drug-likeness (QED) is 0.792. The van der Waals surface area contributed by atoms with Gasteiger partial charge in [-0.1, -0.05) is 17.7 Å². The van der Waals surface area contributed by atoms with Gasteiger partial charge < -0.3 is 5.32 Å². The van der Waals surface area contributed by atoms with Gasteiger partial charge in [-0.25, -0.2) is 0 Å². The highest BCUT2D eigenvalue weighted by atomic mass is 16.1. The van der Waals surface area contributed by atoms with Crippen LogP contribution in [-0.4, -0.2) is 15.7 Å². The number of fused-ring (bicyclic) bond motifs is 1. The standard InChI is InChI=1S/C19H21N3O/c1-13-4-5-18-16(9-13)12-20-22(18)7-6-19(23)21-17-10-14(2)8-15(3)11-17/h4-5,8-12H,6-7H2,1-3H3,(H,21,23). The van der Waals surface area contributed by atoms with Crippen molar-refractivity contribution >= 4 is 22.5 Å². The van der Waals surface area contributed by atoms with Gasteiger partial charge in [-0.3, -0.25) is 9.48 Å². The molecule has 4 nitrogen and oxygen atoms in total. The van der Waals surface area contributed by atoms with Crippen molar-refractivity contribution in [2.45, 2.75) is 33.7 Å². The molecule has 1 amide bonds. The number of benzene rings is 2. The molecule has 1 aromatic heterocycles. The van der Waals surface area contributed by atoms with E-state index in [-0.39, 0.29) is 5.91 Å². The average Bonchev–Trinajstić information content (AvgIpc) is 2.86. The average molecular weight is 307 g/mol. The number of amides is 1. The molecule has 0 bridgehead atoms. The van der Waals surface area contributed by atoms with Crippen LogP contribution in [0.4, 0.5) is 5.69 Å². The summed E-state index contributed by atoms with van der Waals surface area (Å²) >= 11 is 0. The minimum absolute atomic E-state index is 0.00533. The van der Waals surface area contributed by atoms with E-state index < -0.39 is 0 Å². The number of nitrogens with one attached hydrogen (secondary N) is 1. The summed E-state index contributed by atoms with van der Waals surface area (Å²) in [5, 5.41) is 8.45.